The smallest absolute Gasteiger partial charge is 0.190 e. The molecule has 0 bridgehead atoms. The third kappa shape index (κ3) is 1.91. The van der Waals surface area contributed by atoms with Crippen LogP contribution in [0.3, 0.4) is 0 Å². The minimum Gasteiger partial charge on any atom is -0.414 e. The molecule has 70 valence electrons. The van der Waals surface area contributed by atoms with E-state index in [2.05, 4.69) is 6.55 Å². The fraction of sp³-hybridized carbons (Fsp3) is 1.00. The van der Waals surface area contributed by atoms with Crippen LogP contribution in [0, 0.1) is 0 Å². The summed E-state index contributed by atoms with van der Waals surface area (Å²) in [5, 5.41) is 0. The normalized spacial score (nSPS) is 29.8. The number of rotatable bonds is 2. The molecule has 2 heteroatoms. The lowest BCUT2D eigenvalue weighted by molar-refractivity contribution is 0.199. The van der Waals surface area contributed by atoms with Gasteiger partial charge in [0, 0.05) is 6.10 Å². The molecule has 0 atom stereocenters. The molecule has 1 saturated carbocycles. The van der Waals surface area contributed by atoms with E-state index in [4.69, 9.17) is 4.43 Å². The maximum atomic E-state index is 6.30. The van der Waals surface area contributed by atoms with E-state index in [0.717, 1.165) is 0 Å². The van der Waals surface area contributed by atoms with Crippen molar-refractivity contribution in [3.8, 4) is 0 Å². The first kappa shape index (κ1) is 8.76. The van der Waals surface area contributed by atoms with Crippen LogP contribution in [-0.2, 0) is 4.43 Å². The third-order valence-corrected chi connectivity index (χ3v) is 7.14. The Morgan fingerprint density at radius 3 is 2.17 bits per heavy atom. The lowest BCUT2D eigenvalue weighted by Crippen LogP contribution is -2.34. The van der Waals surface area contributed by atoms with E-state index in [0.29, 0.717) is 6.10 Å². The second-order valence-corrected chi connectivity index (χ2v) is 8.82. The fourth-order valence-electron chi connectivity index (χ4n) is 2.65. The van der Waals surface area contributed by atoms with E-state index in [1.165, 1.54) is 50.6 Å². The van der Waals surface area contributed by atoms with E-state index < -0.39 is 8.32 Å². The molecule has 0 amide bonds. The van der Waals surface area contributed by atoms with E-state index in [-0.39, 0.29) is 0 Å². The Balaban J connectivity index is 1.83. The van der Waals surface area contributed by atoms with Gasteiger partial charge in [0.1, 0.15) is 0 Å². The highest BCUT2D eigenvalue weighted by atomic mass is 28.4. The van der Waals surface area contributed by atoms with Crippen LogP contribution in [0.1, 0.15) is 38.5 Å². The van der Waals surface area contributed by atoms with E-state index in [9.17, 15) is 0 Å². The zero-order valence-corrected chi connectivity index (χ0v) is 9.14. The maximum Gasteiger partial charge on any atom is 0.190 e. The molecule has 0 radical (unpaired) electrons. The Hall–Kier alpha value is 0.177. The second-order valence-electron chi connectivity index (χ2n) is 4.68. The summed E-state index contributed by atoms with van der Waals surface area (Å²) in [5.74, 6) is 0. The molecule has 0 aromatic carbocycles. The van der Waals surface area contributed by atoms with Crippen LogP contribution < -0.4 is 0 Å². The predicted octanol–water partition coefficient (Wildman–Crippen LogP) is 3.31. The van der Waals surface area contributed by atoms with Gasteiger partial charge >= 0.3 is 0 Å². The molecule has 0 unspecified atom stereocenters. The average Bonchev–Trinajstić information content (AvgIpc) is 2.62. The lowest BCUT2D eigenvalue weighted by atomic mass is 10.3. The molecule has 2 rings (SSSR count). The van der Waals surface area contributed by atoms with Gasteiger partial charge in [-0.3, -0.25) is 0 Å². The quantitative estimate of drug-likeness (QED) is 0.598. The van der Waals surface area contributed by atoms with Gasteiger partial charge in [0.05, 0.1) is 0 Å². The largest absolute Gasteiger partial charge is 0.414 e. The molecule has 0 N–H and O–H groups in total. The van der Waals surface area contributed by atoms with Crippen molar-refractivity contribution in [3.63, 3.8) is 0 Å². The zero-order valence-electron chi connectivity index (χ0n) is 8.14. The maximum absolute atomic E-state index is 6.30. The molecule has 0 spiro atoms. The Labute approximate surface area is 76.6 Å². The van der Waals surface area contributed by atoms with Crippen LogP contribution in [0.4, 0.5) is 0 Å². The minimum absolute atomic E-state index is 0.666. The SMILES string of the molecule is C[Si]1(OC2CCCC2)CCCC1. The molecule has 1 saturated heterocycles. The average molecular weight is 184 g/mol. The van der Waals surface area contributed by atoms with Gasteiger partial charge in [-0.25, -0.2) is 0 Å². The first-order valence-corrected chi connectivity index (χ1v) is 8.29. The number of hydrogen-bond donors (Lipinski definition) is 0. The molecular weight excluding hydrogens is 164 g/mol. The van der Waals surface area contributed by atoms with Crippen LogP contribution in [0.2, 0.25) is 18.6 Å². The highest BCUT2D eigenvalue weighted by Crippen LogP contribution is 2.34. The van der Waals surface area contributed by atoms with Crippen LogP contribution >= 0.6 is 0 Å². The van der Waals surface area contributed by atoms with E-state index in [1.54, 1.807) is 0 Å². The van der Waals surface area contributed by atoms with Gasteiger partial charge in [-0.1, -0.05) is 25.7 Å². The molecule has 2 fully saturated rings. The van der Waals surface area contributed by atoms with Crippen molar-refractivity contribution in [3.05, 3.63) is 0 Å². The minimum atomic E-state index is -1.15. The highest BCUT2D eigenvalue weighted by molar-refractivity contribution is 6.73. The molecule has 12 heavy (non-hydrogen) atoms. The monoisotopic (exact) mass is 184 g/mol. The zero-order chi connectivity index (χ0) is 8.44. The highest BCUT2D eigenvalue weighted by Gasteiger charge is 2.35. The summed E-state index contributed by atoms with van der Waals surface area (Å²) in [4.78, 5) is 0. The third-order valence-electron chi connectivity index (χ3n) is 3.41. The van der Waals surface area contributed by atoms with Crippen molar-refractivity contribution in [1.29, 1.82) is 0 Å². The van der Waals surface area contributed by atoms with Gasteiger partial charge in [0.2, 0.25) is 0 Å². The molecule has 1 aliphatic heterocycles. The van der Waals surface area contributed by atoms with Gasteiger partial charge in [-0.15, -0.1) is 0 Å². The van der Waals surface area contributed by atoms with Crippen molar-refractivity contribution in [2.24, 2.45) is 0 Å². The first-order valence-electron chi connectivity index (χ1n) is 5.46. The Kier molecular flexibility index (Phi) is 2.56. The summed E-state index contributed by atoms with van der Waals surface area (Å²) in [6, 6.07) is 2.87. The second kappa shape index (κ2) is 3.50. The van der Waals surface area contributed by atoms with Gasteiger partial charge in [0.15, 0.2) is 8.32 Å². The number of hydrogen-bond acceptors (Lipinski definition) is 1. The Bertz CT molecular complexity index is 146. The molecule has 0 aromatic heterocycles. The van der Waals surface area contributed by atoms with Crippen molar-refractivity contribution >= 4 is 8.32 Å². The summed E-state index contributed by atoms with van der Waals surface area (Å²) in [6.45, 7) is 2.44. The van der Waals surface area contributed by atoms with Gasteiger partial charge in [0.25, 0.3) is 0 Å². The molecule has 1 aliphatic carbocycles. The van der Waals surface area contributed by atoms with E-state index in [1.807, 2.05) is 0 Å². The molecule has 2 aliphatic rings. The summed E-state index contributed by atoms with van der Waals surface area (Å²) < 4.78 is 6.30. The van der Waals surface area contributed by atoms with Gasteiger partial charge < -0.3 is 4.43 Å². The lowest BCUT2D eigenvalue weighted by Gasteiger charge is -2.26. The fourth-order valence-corrected chi connectivity index (χ4v) is 6.17. The van der Waals surface area contributed by atoms with Crippen LogP contribution in [0.5, 0.6) is 0 Å². The summed E-state index contributed by atoms with van der Waals surface area (Å²) in [5.41, 5.74) is 0. The molecule has 0 aromatic rings. The summed E-state index contributed by atoms with van der Waals surface area (Å²) >= 11 is 0. The Morgan fingerprint density at radius 1 is 1.00 bits per heavy atom. The van der Waals surface area contributed by atoms with Crippen LogP contribution in [0.15, 0.2) is 0 Å². The Morgan fingerprint density at radius 2 is 1.58 bits per heavy atom. The van der Waals surface area contributed by atoms with Crippen molar-refractivity contribution in [2.75, 3.05) is 0 Å². The van der Waals surface area contributed by atoms with E-state index >= 15 is 0 Å². The first-order chi connectivity index (χ1) is 5.79. The van der Waals surface area contributed by atoms with Crippen molar-refractivity contribution < 1.29 is 4.43 Å². The molecule has 1 heterocycles. The predicted molar refractivity (Wildman–Crippen MR) is 53.8 cm³/mol. The molecule has 1 nitrogen and oxygen atoms in total. The van der Waals surface area contributed by atoms with Crippen molar-refractivity contribution in [2.45, 2.75) is 63.3 Å². The van der Waals surface area contributed by atoms with Gasteiger partial charge in [-0.05, 0) is 31.5 Å². The van der Waals surface area contributed by atoms with Gasteiger partial charge in [-0.2, -0.15) is 0 Å². The standard InChI is InChI=1S/C10H20OSi/c1-12(8-4-5-9-12)11-10-6-2-3-7-10/h10H,2-9H2,1H3. The summed E-state index contributed by atoms with van der Waals surface area (Å²) in [7, 11) is -1.15. The van der Waals surface area contributed by atoms with Crippen LogP contribution in [0.25, 0.3) is 0 Å². The topological polar surface area (TPSA) is 9.23 Å². The van der Waals surface area contributed by atoms with Crippen LogP contribution in [-0.4, -0.2) is 14.4 Å². The van der Waals surface area contributed by atoms with Crippen molar-refractivity contribution in [1.82, 2.24) is 0 Å². The summed E-state index contributed by atoms with van der Waals surface area (Å²) in [6.07, 6.45) is 9.07. The molecular formula is C10H20OSi.